The monoisotopic (exact) mass is 332 g/mol. The number of hydrogen-bond donors (Lipinski definition) is 1. The molecule has 0 spiro atoms. The number of terminal acetylenes is 1. The van der Waals surface area contributed by atoms with Crippen molar-refractivity contribution in [1.82, 2.24) is 4.98 Å². The SMILES string of the molecule is C#CCCCS(=O)(=O)Nc1ccc2oc(C(F)(F)F)nc2c1. The zero-order chi connectivity index (χ0) is 16.4. The molecule has 22 heavy (non-hydrogen) atoms. The van der Waals surface area contributed by atoms with E-state index < -0.39 is 22.1 Å². The van der Waals surface area contributed by atoms with Gasteiger partial charge in [0.25, 0.3) is 0 Å². The van der Waals surface area contributed by atoms with E-state index in [0.717, 1.165) is 0 Å². The van der Waals surface area contributed by atoms with Crippen LogP contribution in [0.5, 0.6) is 0 Å². The van der Waals surface area contributed by atoms with Crippen molar-refractivity contribution in [2.24, 2.45) is 0 Å². The minimum Gasteiger partial charge on any atom is -0.433 e. The summed E-state index contributed by atoms with van der Waals surface area (Å²) < 4.78 is 67.8. The van der Waals surface area contributed by atoms with Gasteiger partial charge in [0.05, 0.1) is 11.4 Å². The Labute approximate surface area is 124 Å². The Morgan fingerprint density at radius 3 is 2.73 bits per heavy atom. The van der Waals surface area contributed by atoms with E-state index in [1.807, 2.05) is 0 Å². The van der Waals surface area contributed by atoms with Gasteiger partial charge in [-0.15, -0.1) is 12.3 Å². The molecule has 2 aromatic rings. The third-order valence-electron chi connectivity index (χ3n) is 2.64. The van der Waals surface area contributed by atoms with Crippen LogP contribution in [-0.2, 0) is 16.2 Å². The van der Waals surface area contributed by atoms with Gasteiger partial charge in [-0.25, -0.2) is 13.4 Å². The van der Waals surface area contributed by atoms with E-state index in [0.29, 0.717) is 6.42 Å². The third kappa shape index (κ3) is 3.92. The van der Waals surface area contributed by atoms with Gasteiger partial charge in [0.1, 0.15) is 5.52 Å². The Balaban J connectivity index is 2.21. The zero-order valence-electron chi connectivity index (χ0n) is 11.1. The number of unbranched alkanes of at least 4 members (excludes halogenated alkanes) is 1. The lowest BCUT2D eigenvalue weighted by molar-refractivity contribution is -0.156. The summed E-state index contributed by atoms with van der Waals surface area (Å²) in [6.45, 7) is 0. The van der Waals surface area contributed by atoms with Crippen molar-refractivity contribution in [2.75, 3.05) is 10.5 Å². The molecular weight excluding hydrogens is 321 g/mol. The van der Waals surface area contributed by atoms with E-state index in [4.69, 9.17) is 6.42 Å². The molecule has 0 amide bonds. The highest BCUT2D eigenvalue weighted by Crippen LogP contribution is 2.31. The molecule has 5 nitrogen and oxygen atoms in total. The number of oxazole rings is 1. The van der Waals surface area contributed by atoms with Crippen LogP contribution in [-0.4, -0.2) is 19.2 Å². The van der Waals surface area contributed by atoms with Crippen molar-refractivity contribution < 1.29 is 26.0 Å². The second-order valence-corrected chi connectivity index (χ2v) is 6.27. The number of aromatic nitrogens is 1. The van der Waals surface area contributed by atoms with Gasteiger partial charge in [0.15, 0.2) is 5.58 Å². The van der Waals surface area contributed by atoms with Crippen molar-refractivity contribution in [3.8, 4) is 12.3 Å². The van der Waals surface area contributed by atoms with Crippen molar-refractivity contribution >= 4 is 26.8 Å². The molecular formula is C13H11F3N2O3S. The van der Waals surface area contributed by atoms with Crippen molar-refractivity contribution in [3.63, 3.8) is 0 Å². The minimum absolute atomic E-state index is 0.0809. The topological polar surface area (TPSA) is 72.2 Å². The summed E-state index contributed by atoms with van der Waals surface area (Å²) in [7, 11) is -3.62. The smallest absolute Gasteiger partial charge is 0.433 e. The third-order valence-corrected chi connectivity index (χ3v) is 4.01. The molecule has 1 aromatic heterocycles. The molecule has 0 atom stereocenters. The lowest BCUT2D eigenvalue weighted by Crippen LogP contribution is -2.16. The molecule has 0 aliphatic carbocycles. The van der Waals surface area contributed by atoms with Crippen molar-refractivity contribution in [1.29, 1.82) is 0 Å². The number of hydrogen-bond acceptors (Lipinski definition) is 4. The zero-order valence-corrected chi connectivity index (χ0v) is 12.0. The first-order chi connectivity index (χ1) is 10.2. The molecule has 0 fully saturated rings. The van der Waals surface area contributed by atoms with Crippen molar-refractivity contribution in [2.45, 2.75) is 19.0 Å². The van der Waals surface area contributed by atoms with E-state index in [1.54, 1.807) is 0 Å². The van der Waals surface area contributed by atoms with Crippen LogP contribution < -0.4 is 4.72 Å². The summed E-state index contributed by atoms with van der Waals surface area (Å²) in [6.07, 6.45) is 0.939. The van der Waals surface area contributed by atoms with Crippen LogP contribution in [0, 0.1) is 12.3 Å². The predicted octanol–water partition coefficient (Wildman–Crippen LogP) is 3.00. The number of sulfonamides is 1. The highest BCUT2D eigenvalue weighted by molar-refractivity contribution is 7.92. The normalized spacial score (nSPS) is 12.3. The molecule has 0 saturated carbocycles. The Kier molecular flexibility index (Phi) is 4.32. The van der Waals surface area contributed by atoms with Gasteiger partial charge in [-0.05, 0) is 24.6 Å². The maximum Gasteiger partial charge on any atom is 0.468 e. The fourth-order valence-electron chi connectivity index (χ4n) is 1.71. The van der Waals surface area contributed by atoms with Crippen LogP contribution in [0.2, 0.25) is 0 Å². The predicted molar refractivity (Wildman–Crippen MR) is 74.5 cm³/mol. The van der Waals surface area contributed by atoms with Gasteiger partial charge in [0, 0.05) is 6.42 Å². The number of nitrogens with one attached hydrogen (secondary N) is 1. The summed E-state index contributed by atoms with van der Waals surface area (Å²) in [5.74, 6) is 0.767. The highest BCUT2D eigenvalue weighted by atomic mass is 32.2. The van der Waals surface area contributed by atoms with E-state index >= 15 is 0 Å². The number of fused-ring (bicyclic) bond motifs is 1. The highest BCUT2D eigenvalue weighted by Gasteiger charge is 2.37. The van der Waals surface area contributed by atoms with Gasteiger partial charge < -0.3 is 4.42 Å². The van der Waals surface area contributed by atoms with Gasteiger partial charge in [-0.3, -0.25) is 4.72 Å². The molecule has 0 bridgehead atoms. The molecule has 0 saturated heterocycles. The first kappa shape index (κ1) is 16.2. The number of alkyl halides is 3. The summed E-state index contributed by atoms with van der Waals surface area (Å²) in [5.41, 5.74) is -0.0611. The summed E-state index contributed by atoms with van der Waals surface area (Å²) in [5, 5.41) is 0. The Hall–Kier alpha value is -2.21. The first-order valence-electron chi connectivity index (χ1n) is 6.13. The van der Waals surface area contributed by atoms with E-state index in [9.17, 15) is 21.6 Å². The van der Waals surface area contributed by atoms with E-state index in [-0.39, 0.29) is 29.0 Å². The average Bonchev–Trinajstić information content (AvgIpc) is 2.81. The molecule has 0 radical (unpaired) electrons. The van der Waals surface area contributed by atoms with Gasteiger partial charge in [-0.2, -0.15) is 13.2 Å². The number of rotatable bonds is 5. The first-order valence-corrected chi connectivity index (χ1v) is 7.78. The fraction of sp³-hybridized carbons (Fsp3) is 0.308. The average molecular weight is 332 g/mol. The molecule has 1 N–H and O–H groups in total. The standard InChI is InChI=1S/C13H11F3N2O3S/c1-2-3-4-7-22(19,20)18-9-5-6-11-10(8-9)17-12(21-11)13(14,15)16/h1,5-6,8,18H,3-4,7H2. The van der Waals surface area contributed by atoms with Gasteiger partial charge in [0.2, 0.25) is 10.0 Å². The molecule has 0 aliphatic rings. The minimum atomic E-state index is -4.70. The summed E-state index contributed by atoms with van der Waals surface area (Å²) in [4.78, 5) is 3.30. The number of benzene rings is 1. The number of anilines is 1. The lowest BCUT2D eigenvalue weighted by Gasteiger charge is -2.06. The lowest BCUT2D eigenvalue weighted by atomic mass is 10.3. The van der Waals surface area contributed by atoms with Crippen LogP contribution >= 0.6 is 0 Å². The quantitative estimate of drug-likeness (QED) is 0.675. The Morgan fingerprint density at radius 2 is 2.09 bits per heavy atom. The second-order valence-electron chi connectivity index (χ2n) is 4.43. The van der Waals surface area contributed by atoms with E-state index in [1.165, 1.54) is 18.2 Å². The Bertz CT molecular complexity index is 819. The van der Waals surface area contributed by atoms with Crippen LogP contribution in [0.3, 0.4) is 0 Å². The van der Waals surface area contributed by atoms with Crippen LogP contribution in [0.25, 0.3) is 11.1 Å². The Morgan fingerprint density at radius 1 is 1.36 bits per heavy atom. The maximum atomic E-state index is 12.5. The number of nitrogens with zero attached hydrogens (tertiary/aromatic N) is 1. The van der Waals surface area contributed by atoms with Crippen molar-refractivity contribution in [3.05, 3.63) is 24.1 Å². The van der Waals surface area contributed by atoms with Crippen LogP contribution in [0.1, 0.15) is 18.7 Å². The van der Waals surface area contributed by atoms with Gasteiger partial charge >= 0.3 is 12.1 Å². The van der Waals surface area contributed by atoms with Crippen LogP contribution in [0.15, 0.2) is 22.6 Å². The molecule has 1 aromatic carbocycles. The summed E-state index contributed by atoms with van der Waals surface area (Å²) >= 11 is 0. The molecule has 1 heterocycles. The molecule has 0 unspecified atom stereocenters. The fourth-order valence-corrected chi connectivity index (χ4v) is 2.82. The molecule has 9 heteroatoms. The van der Waals surface area contributed by atoms with Crippen LogP contribution in [0.4, 0.5) is 18.9 Å². The molecule has 0 aliphatic heterocycles. The molecule has 2 rings (SSSR count). The largest absolute Gasteiger partial charge is 0.468 e. The van der Waals surface area contributed by atoms with E-state index in [2.05, 4.69) is 20.0 Å². The van der Waals surface area contributed by atoms with Gasteiger partial charge in [-0.1, -0.05) is 0 Å². The molecule has 118 valence electrons. The number of halogens is 3. The second kappa shape index (κ2) is 5.88. The summed E-state index contributed by atoms with van der Waals surface area (Å²) in [6, 6.07) is 3.69. The maximum absolute atomic E-state index is 12.5.